The van der Waals surface area contributed by atoms with E-state index in [4.69, 9.17) is 4.42 Å². The molecule has 0 radical (unpaired) electrons. The zero-order valence-electron chi connectivity index (χ0n) is 33.3. The first-order valence-electron chi connectivity index (χ1n) is 19.6. The van der Waals surface area contributed by atoms with Gasteiger partial charge < -0.3 is 9.32 Å². The molecule has 1 aromatic heterocycles. The summed E-state index contributed by atoms with van der Waals surface area (Å²) in [5.74, 6) is 0. The Hall–Kier alpha value is -5.86. The lowest BCUT2D eigenvalue weighted by Gasteiger charge is -2.31. The first-order chi connectivity index (χ1) is 26.3. The fourth-order valence-electron chi connectivity index (χ4n) is 8.77. The van der Waals surface area contributed by atoms with Crippen molar-refractivity contribution in [3.05, 3.63) is 174 Å². The van der Waals surface area contributed by atoms with Crippen LogP contribution >= 0.6 is 0 Å². The summed E-state index contributed by atoms with van der Waals surface area (Å²) < 4.78 is 6.50. The van der Waals surface area contributed by atoms with Crippen molar-refractivity contribution in [3.63, 3.8) is 0 Å². The van der Waals surface area contributed by atoms with Crippen LogP contribution in [0.25, 0.3) is 55.3 Å². The van der Waals surface area contributed by atoms with Crippen molar-refractivity contribution in [2.75, 3.05) is 4.90 Å². The van der Waals surface area contributed by atoms with Gasteiger partial charge in [-0.25, -0.2) is 0 Å². The van der Waals surface area contributed by atoms with Gasteiger partial charge in [0.05, 0.1) is 5.69 Å². The third kappa shape index (κ3) is 5.78. The lowest BCUT2D eigenvalue weighted by molar-refractivity contribution is 0.564. The van der Waals surface area contributed by atoms with Crippen molar-refractivity contribution >= 4 is 39.0 Å². The second-order valence-corrected chi connectivity index (χ2v) is 17.8. The normalized spacial score (nSPS) is 13.6. The third-order valence-corrected chi connectivity index (χ3v) is 11.7. The van der Waals surface area contributed by atoms with Gasteiger partial charge in [0.25, 0.3) is 0 Å². The van der Waals surface area contributed by atoms with E-state index < -0.39 is 0 Å². The molecular formula is C53H49NO. The molecule has 2 heteroatoms. The Morgan fingerprint density at radius 3 is 1.91 bits per heavy atom. The number of benzene rings is 7. The molecule has 0 saturated heterocycles. The first-order valence-corrected chi connectivity index (χ1v) is 19.6. The Morgan fingerprint density at radius 1 is 0.473 bits per heavy atom. The smallest absolute Gasteiger partial charge is 0.137 e. The molecule has 8 aromatic rings. The number of rotatable bonds is 5. The fourth-order valence-corrected chi connectivity index (χ4v) is 8.77. The van der Waals surface area contributed by atoms with E-state index in [0.29, 0.717) is 0 Å². The van der Waals surface area contributed by atoms with Crippen molar-refractivity contribution in [2.45, 2.75) is 71.6 Å². The van der Waals surface area contributed by atoms with Crippen molar-refractivity contribution in [3.8, 4) is 33.4 Å². The summed E-state index contributed by atoms with van der Waals surface area (Å²) in [6.07, 6.45) is 0. The summed E-state index contributed by atoms with van der Waals surface area (Å²) in [4.78, 5) is 2.42. The largest absolute Gasteiger partial charge is 0.456 e. The summed E-state index contributed by atoms with van der Waals surface area (Å²) in [7, 11) is 0. The SMILES string of the molecule is CC(C)(C)c1cc(C(C)(C)C)c2c(c1)C(C)(C)c1cccc(-c3ccccc3N(c3cccc(-c4ccccc4)c3)c3ccc4c(c3)oc3ccccc34)c1-2. The predicted molar refractivity (Wildman–Crippen MR) is 234 cm³/mol. The summed E-state index contributed by atoms with van der Waals surface area (Å²) in [6, 6.07) is 55.5. The first kappa shape index (κ1) is 34.9. The number of para-hydroxylation sites is 2. The van der Waals surface area contributed by atoms with Gasteiger partial charge in [-0.05, 0) is 97.3 Å². The molecule has 1 heterocycles. The molecule has 272 valence electrons. The van der Waals surface area contributed by atoms with Crippen LogP contribution in [0.1, 0.15) is 77.6 Å². The molecule has 0 fully saturated rings. The topological polar surface area (TPSA) is 16.4 Å². The maximum atomic E-state index is 6.50. The minimum atomic E-state index is -0.160. The average Bonchev–Trinajstić information content (AvgIpc) is 3.66. The summed E-state index contributed by atoms with van der Waals surface area (Å²) in [5.41, 5.74) is 18.0. The lowest BCUT2D eigenvalue weighted by atomic mass is 9.74. The molecule has 55 heavy (non-hydrogen) atoms. The second-order valence-electron chi connectivity index (χ2n) is 17.8. The second kappa shape index (κ2) is 12.6. The lowest BCUT2D eigenvalue weighted by Crippen LogP contribution is -2.21. The van der Waals surface area contributed by atoms with Crippen LogP contribution in [0.15, 0.2) is 156 Å². The zero-order chi connectivity index (χ0) is 38.3. The van der Waals surface area contributed by atoms with Crippen molar-refractivity contribution in [2.24, 2.45) is 0 Å². The maximum absolute atomic E-state index is 6.50. The molecule has 1 aliphatic rings. The van der Waals surface area contributed by atoms with Crippen LogP contribution in [0.3, 0.4) is 0 Å². The monoisotopic (exact) mass is 715 g/mol. The molecule has 0 N–H and O–H groups in total. The molecule has 0 saturated carbocycles. The molecule has 9 rings (SSSR count). The molecule has 0 amide bonds. The molecule has 2 nitrogen and oxygen atoms in total. The molecule has 1 aliphatic carbocycles. The van der Waals surface area contributed by atoms with Gasteiger partial charge in [0.2, 0.25) is 0 Å². The van der Waals surface area contributed by atoms with Crippen LogP contribution in [-0.4, -0.2) is 0 Å². The van der Waals surface area contributed by atoms with Gasteiger partial charge in [0.1, 0.15) is 11.2 Å². The number of nitrogens with zero attached hydrogens (tertiary/aromatic N) is 1. The number of furan rings is 1. The number of hydrogen-bond acceptors (Lipinski definition) is 2. The van der Waals surface area contributed by atoms with Crippen LogP contribution in [0, 0.1) is 0 Å². The van der Waals surface area contributed by atoms with E-state index in [-0.39, 0.29) is 16.2 Å². The summed E-state index contributed by atoms with van der Waals surface area (Å²) >= 11 is 0. The highest BCUT2D eigenvalue weighted by Gasteiger charge is 2.41. The van der Waals surface area contributed by atoms with E-state index in [1.54, 1.807) is 0 Å². The average molecular weight is 716 g/mol. The van der Waals surface area contributed by atoms with Gasteiger partial charge in [-0.15, -0.1) is 0 Å². The van der Waals surface area contributed by atoms with Gasteiger partial charge in [-0.1, -0.05) is 165 Å². The van der Waals surface area contributed by atoms with Crippen LogP contribution in [0.5, 0.6) is 0 Å². The number of fused-ring (bicyclic) bond motifs is 6. The molecule has 0 atom stereocenters. The predicted octanol–water partition coefficient (Wildman–Crippen LogP) is 15.3. The third-order valence-electron chi connectivity index (χ3n) is 11.7. The van der Waals surface area contributed by atoms with Crippen molar-refractivity contribution in [1.29, 1.82) is 0 Å². The zero-order valence-corrected chi connectivity index (χ0v) is 33.3. The molecule has 7 aromatic carbocycles. The fraction of sp³-hybridized carbons (Fsp3) is 0.208. The highest BCUT2D eigenvalue weighted by molar-refractivity contribution is 6.07. The van der Waals surface area contributed by atoms with E-state index in [1.165, 1.54) is 55.6 Å². The Balaban J connectivity index is 1.31. The van der Waals surface area contributed by atoms with Crippen LogP contribution in [0.2, 0.25) is 0 Å². The van der Waals surface area contributed by atoms with E-state index in [2.05, 4.69) is 206 Å². The number of anilines is 3. The summed E-state index contributed by atoms with van der Waals surface area (Å²) in [6.45, 7) is 18.9. The Bertz CT molecular complexity index is 2750. The molecular weight excluding hydrogens is 667 g/mol. The van der Waals surface area contributed by atoms with Gasteiger partial charge >= 0.3 is 0 Å². The minimum Gasteiger partial charge on any atom is -0.456 e. The maximum Gasteiger partial charge on any atom is 0.137 e. The van der Waals surface area contributed by atoms with E-state index in [1.807, 2.05) is 6.07 Å². The molecule has 0 aliphatic heterocycles. The van der Waals surface area contributed by atoms with E-state index >= 15 is 0 Å². The molecule has 0 bridgehead atoms. The van der Waals surface area contributed by atoms with E-state index in [9.17, 15) is 0 Å². The highest BCUT2D eigenvalue weighted by Crippen LogP contribution is 2.57. The standard InChI is InChI=1S/C53H49NO/c1-51(2,3)36-31-44(52(4,5)6)50-45(32-36)53(7,8)43-25-17-24-42(49(43)50)39-22-12-14-26-46(39)54(37-21-16-20-35(30-37)34-18-10-9-11-19-34)38-28-29-41-40-23-13-15-27-47(40)55-48(41)33-38/h9-33H,1-8H3. The van der Waals surface area contributed by atoms with Crippen molar-refractivity contribution < 1.29 is 4.42 Å². The quantitative estimate of drug-likeness (QED) is 0.176. The van der Waals surface area contributed by atoms with Gasteiger partial charge in [-0.2, -0.15) is 0 Å². The Labute approximate surface area is 326 Å². The molecule has 0 unspecified atom stereocenters. The van der Waals surface area contributed by atoms with Gasteiger partial charge in [-0.3, -0.25) is 0 Å². The highest BCUT2D eigenvalue weighted by atomic mass is 16.3. The van der Waals surface area contributed by atoms with Gasteiger partial charge in [0.15, 0.2) is 0 Å². The Morgan fingerprint density at radius 2 is 1.13 bits per heavy atom. The van der Waals surface area contributed by atoms with Crippen molar-refractivity contribution in [1.82, 2.24) is 0 Å². The molecule has 0 spiro atoms. The number of hydrogen-bond donors (Lipinski definition) is 0. The van der Waals surface area contributed by atoms with Crippen LogP contribution in [-0.2, 0) is 16.2 Å². The Kier molecular flexibility index (Phi) is 7.99. The minimum absolute atomic E-state index is 0.0328. The van der Waals surface area contributed by atoms with E-state index in [0.717, 1.165) is 39.0 Å². The van der Waals surface area contributed by atoms with Crippen LogP contribution < -0.4 is 4.90 Å². The summed E-state index contributed by atoms with van der Waals surface area (Å²) in [5, 5.41) is 2.25. The van der Waals surface area contributed by atoms with Crippen LogP contribution in [0.4, 0.5) is 17.1 Å². The van der Waals surface area contributed by atoms with Gasteiger partial charge in [0, 0.05) is 39.2 Å².